The number of hydrogen-bond acceptors (Lipinski definition) is 5. The third-order valence-electron chi connectivity index (χ3n) is 5.39. The largest absolute Gasteiger partial charge is 0.483 e. The molecule has 1 saturated carbocycles. The molecular weight excluding hydrogens is 427 g/mol. The van der Waals surface area contributed by atoms with E-state index < -0.39 is 17.8 Å². The number of amides is 2. The quantitative estimate of drug-likeness (QED) is 0.681. The third-order valence-corrected chi connectivity index (χ3v) is 5.39. The van der Waals surface area contributed by atoms with E-state index >= 15 is 0 Å². The Hall–Kier alpha value is -3.01. The second-order valence-electron chi connectivity index (χ2n) is 7.84. The van der Waals surface area contributed by atoms with Crippen molar-refractivity contribution in [3.8, 4) is 11.6 Å². The van der Waals surface area contributed by atoms with Gasteiger partial charge in [-0.25, -0.2) is 9.78 Å². The Morgan fingerprint density at radius 2 is 1.81 bits per heavy atom. The second kappa shape index (κ2) is 9.64. The number of nitrogens with one attached hydrogen (secondary N) is 2. The molecule has 0 unspecified atom stereocenters. The number of aromatic nitrogens is 1. The van der Waals surface area contributed by atoms with Gasteiger partial charge < -0.3 is 24.8 Å². The SMILES string of the molecule is O=C(Nc1cc(C(F)(F)F)ccc1OC1COC1)NC1CCC(Oc2ccccn2)CC1. The Bertz CT molecular complexity index is 914. The summed E-state index contributed by atoms with van der Waals surface area (Å²) in [7, 11) is 0. The van der Waals surface area contributed by atoms with Gasteiger partial charge in [0.05, 0.1) is 24.5 Å². The average Bonchev–Trinajstić information content (AvgIpc) is 2.73. The van der Waals surface area contributed by atoms with E-state index in [1.54, 1.807) is 12.3 Å². The van der Waals surface area contributed by atoms with E-state index in [-0.39, 0.29) is 29.7 Å². The van der Waals surface area contributed by atoms with Crippen LogP contribution in [0.25, 0.3) is 0 Å². The summed E-state index contributed by atoms with van der Waals surface area (Å²) in [5.74, 6) is 0.740. The minimum atomic E-state index is -4.53. The number of alkyl halides is 3. The van der Waals surface area contributed by atoms with Crippen LogP contribution in [0, 0.1) is 0 Å². The van der Waals surface area contributed by atoms with Crippen molar-refractivity contribution in [3.63, 3.8) is 0 Å². The zero-order chi connectivity index (χ0) is 22.6. The zero-order valence-electron chi connectivity index (χ0n) is 17.2. The van der Waals surface area contributed by atoms with Gasteiger partial charge in [-0.3, -0.25) is 0 Å². The molecule has 2 fully saturated rings. The summed E-state index contributed by atoms with van der Waals surface area (Å²) in [6.07, 6.45) is -0.244. The van der Waals surface area contributed by atoms with E-state index in [0.29, 0.717) is 31.9 Å². The van der Waals surface area contributed by atoms with Gasteiger partial charge in [-0.15, -0.1) is 0 Å². The first-order chi connectivity index (χ1) is 15.4. The number of nitrogens with zero attached hydrogens (tertiary/aromatic N) is 1. The molecule has 1 saturated heterocycles. The van der Waals surface area contributed by atoms with Gasteiger partial charge in [0.25, 0.3) is 0 Å². The standard InChI is InChI=1S/C22H24F3N3O4/c23-22(24,25)14-4-9-19(31-17-12-30-13-17)18(11-14)28-21(29)27-15-5-7-16(8-6-15)32-20-3-1-2-10-26-20/h1-4,9-11,15-17H,5-8,12-13H2,(H2,27,28,29). The lowest BCUT2D eigenvalue weighted by molar-refractivity contribution is -0.137. The molecule has 1 aliphatic carbocycles. The Kier molecular flexibility index (Phi) is 6.69. The van der Waals surface area contributed by atoms with E-state index in [2.05, 4.69) is 15.6 Å². The van der Waals surface area contributed by atoms with Gasteiger partial charge in [-0.2, -0.15) is 13.2 Å². The van der Waals surface area contributed by atoms with Crippen LogP contribution in [-0.4, -0.2) is 42.5 Å². The molecular formula is C22H24F3N3O4. The Morgan fingerprint density at radius 3 is 2.44 bits per heavy atom. The monoisotopic (exact) mass is 451 g/mol. The number of urea groups is 1. The lowest BCUT2D eigenvalue weighted by Crippen LogP contribution is -2.42. The van der Waals surface area contributed by atoms with Crippen LogP contribution in [0.2, 0.25) is 0 Å². The highest BCUT2D eigenvalue weighted by Crippen LogP contribution is 2.36. The van der Waals surface area contributed by atoms with E-state index in [9.17, 15) is 18.0 Å². The van der Waals surface area contributed by atoms with Crippen LogP contribution in [0.15, 0.2) is 42.6 Å². The maximum Gasteiger partial charge on any atom is 0.416 e. The van der Waals surface area contributed by atoms with E-state index in [1.807, 2.05) is 12.1 Å². The van der Waals surface area contributed by atoms with Gasteiger partial charge in [0.2, 0.25) is 5.88 Å². The average molecular weight is 451 g/mol. The molecule has 2 heterocycles. The van der Waals surface area contributed by atoms with Crippen molar-refractivity contribution in [3.05, 3.63) is 48.2 Å². The molecule has 2 amide bonds. The third kappa shape index (κ3) is 5.82. The molecule has 1 aromatic heterocycles. The van der Waals surface area contributed by atoms with Crippen molar-refractivity contribution in [1.82, 2.24) is 10.3 Å². The van der Waals surface area contributed by atoms with Crippen LogP contribution >= 0.6 is 0 Å². The first-order valence-corrected chi connectivity index (χ1v) is 10.5. The number of anilines is 1. The van der Waals surface area contributed by atoms with Crippen LogP contribution in [0.4, 0.5) is 23.7 Å². The van der Waals surface area contributed by atoms with Crippen LogP contribution in [0.3, 0.4) is 0 Å². The number of halogens is 3. The smallest absolute Gasteiger partial charge is 0.416 e. The fourth-order valence-electron chi connectivity index (χ4n) is 3.62. The molecule has 7 nitrogen and oxygen atoms in total. The highest BCUT2D eigenvalue weighted by Gasteiger charge is 2.32. The van der Waals surface area contributed by atoms with Crippen molar-refractivity contribution in [1.29, 1.82) is 0 Å². The van der Waals surface area contributed by atoms with E-state index in [0.717, 1.165) is 25.0 Å². The van der Waals surface area contributed by atoms with Gasteiger partial charge >= 0.3 is 12.2 Å². The number of pyridine rings is 1. The molecule has 10 heteroatoms. The van der Waals surface area contributed by atoms with Crippen molar-refractivity contribution >= 4 is 11.7 Å². The predicted molar refractivity (Wildman–Crippen MR) is 110 cm³/mol. The summed E-state index contributed by atoms with van der Waals surface area (Å²) in [5.41, 5.74) is -0.895. The molecule has 1 aliphatic heterocycles. The molecule has 0 radical (unpaired) electrons. The second-order valence-corrected chi connectivity index (χ2v) is 7.84. The maximum absolute atomic E-state index is 13.1. The first-order valence-electron chi connectivity index (χ1n) is 10.5. The van der Waals surface area contributed by atoms with Gasteiger partial charge in [0, 0.05) is 18.3 Å². The molecule has 32 heavy (non-hydrogen) atoms. The van der Waals surface area contributed by atoms with Crippen LogP contribution < -0.4 is 20.1 Å². The summed E-state index contributed by atoms with van der Waals surface area (Å²) in [4.78, 5) is 16.7. The summed E-state index contributed by atoms with van der Waals surface area (Å²) < 4.78 is 55.9. The number of ether oxygens (including phenoxy) is 3. The highest BCUT2D eigenvalue weighted by atomic mass is 19.4. The first kappa shape index (κ1) is 22.2. The van der Waals surface area contributed by atoms with Crippen LogP contribution in [0.5, 0.6) is 11.6 Å². The number of carbonyl (C=O) groups excluding carboxylic acids is 1. The van der Waals surface area contributed by atoms with Crippen LogP contribution in [-0.2, 0) is 10.9 Å². The van der Waals surface area contributed by atoms with Crippen molar-refractivity contribution < 1.29 is 32.2 Å². The molecule has 2 aromatic rings. The van der Waals surface area contributed by atoms with E-state index in [1.165, 1.54) is 6.07 Å². The minimum absolute atomic E-state index is 0.0131. The molecule has 0 spiro atoms. The summed E-state index contributed by atoms with van der Waals surface area (Å²) in [6.45, 7) is 0.715. The lowest BCUT2D eigenvalue weighted by Gasteiger charge is -2.30. The molecule has 1 aromatic carbocycles. The number of rotatable bonds is 6. The fraction of sp³-hybridized carbons (Fsp3) is 0.455. The van der Waals surface area contributed by atoms with Gasteiger partial charge in [0.15, 0.2) is 0 Å². The minimum Gasteiger partial charge on any atom is -0.483 e. The van der Waals surface area contributed by atoms with E-state index in [4.69, 9.17) is 14.2 Å². The molecule has 2 N–H and O–H groups in total. The predicted octanol–water partition coefficient (Wildman–Crippen LogP) is 4.39. The Labute approximate surface area is 183 Å². The van der Waals surface area contributed by atoms with Crippen molar-refractivity contribution in [2.24, 2.45) is 0 Å². The normalized spacial score (nSPS) is 21.3. The van der Waals surface area contributed by atoms with Gasteiger partial charge in [-0.05, 0) is 49.9 Å². The summed E-state index contributed by atoms with van der Waals surface area (Å²) >= 11 is 0. The van der Waals surface area contributed by atoms with Crippen molar-refractivity contribution in [2.45, 2.75) is 50.1 Å². The molecule has 4 rings (SSSR count). The van der Waals surface area contributed by atoms with Gasteiger partial charge in [-0.1, -0.05) is 6.07 Å². The number of carbonyl (C=O) groups is 1. The van der Waals surface area contributed by atoms with Gasteiger partial charge in [0.1, 0.15) is 18.0 Å². The van der Waals surface area contributed by atoms with Crippen molar-refractivity contribution in [2.75, 3.05) is 18.5 Å². The Balaban J connectivity index is 1.33. The lowest BCUT2D eigenvalue weighted by atomic mass is 9.93. The summed E-state index contributed by atoms with van der Waals surface area (Å²) in [6, 6.07) is 7.81. The fourth-order valence-corrected chi connectivity index (χ4v) is 3.62. The molecule has 172 valence electrons. The molecule has 0 atom stereocenters. The molecule has 0 bridgehead atoms. The number of benzene rings is 1. The molecule has 2 aliphatic rings. The maximum atomic E-state index is 13.1. The Morgan fingerprint density at radius 1 is 1.03 bits per heavy atom. The zero-order valence-corrected chi connectivity index (χ0v) is 17.2. The summed E-state index contributed by atoms with van der Waals surface area (Å²) in [5, 5.41) is 5.35. The topological polar surface area (TPSA) is 81.7 Å². The van der Waals surface area contributed by atoms with Crippen LogP contribution in [0.1, 0.15) is 31.2 Å². The highest BCUT2D eigenvalue weighted by molar-refractivity contribution is 5.91. The number of hydrogen-bond donors (Lipinski definition) is 2.